The molecule has 0 fully saturated rings. The highest BCUT2D eigenvalue weighted by atomic mass is 35.5. The van der Waals surface area contributed by atoms with Gasteiger partial charge in [0.2, 0.25) is 0 Å². The van der Waals surface area contributed by atoms with Crippen molar-refractivity contribution in [3.05, 3.63) is 108 Å². The number of nitrogens with zero attached hydrogens (tertiary/aromatic N) is 1. The number of rotatable bonds is 7. The Morgan fingerprint density at radius 2 is 1.42 bits per heavy atom. The lowest BCUT2D eigenvalue weighted by Crippen LogP contribution is -2.35. The van der Waals surface area contributed by atoms with Crippen molar-refractivity contribution >= 4 is 39.7 Å². The van der Waals surface area contributed by atoms with E-state index in [0.29, 0.717) is 11.8 Å². The summed E-state index contributed by atoms with van der Waals surface area (Å²) in [6.45, 7) is 1.53. The fourth-order valence-corrected chi connectivity index (χ4v) is 4.99. The van der Waals surface area contributed by atoms with Crippen LogP contribution in [-0.2, 0) is 0 Å². The summed E-state index contributed by atoms with van der Waals surface area (Å²) >= 11 is 12.0. The number of anilines is 1. The summed E-state index contributed by atoms with van der Waals surface area (Å²) in [5.41, 5.74) is 4.59. The molecule has 1 aliphatic rings. The number of alkyl halides is 2. The fraction of sp³-hybridized carbons (Fsp3) is 0.214. The van der Waals surface area contributed by atoms with E-state index in [1.807, 2.05) is 0 Å². The molecule has 0 bridgehead atoms. The second kappa shape index (κ2) is 10.0. The van der Waals surface area contributed by atoms with Crippen molar-refractivity contribution in [2.24, 2.45) is 0 Å². The van der Waals surface area contributed by atoms with Crippen LogP contribution in [-0.4, -0.2) is 24.8 Å². The molecule has 4 aromatic carbocycles. The Morgan fingerprint density at radius 1 is 0.727 bits per heavy atom. The van der Waals surface area contributed by atoms with Crippen molar-refractivity contribution in [3.8, 4) is 5.75 Å². The van der Waals surface area contributed by atoms with Crippen LogP contribution in [0.2, 0.25) is 0 Å². The molecule has 2 atom stereocenters. The van der Waals surface area contributed by atoms with Gasteiger partial charge in [-0.25, -0.2) is 0 Å². The van der Waals surface area contributed by atoms with Gasteiger partial charge in [-0.15, -0.1) is 23.2 Å². The first-order chi connectivity index (χ1) is 16.3. The number of hydrogen-bond donors (Lipinski definition) is 1. The van der Waals surface area contributed by atoms with Gasteiger partial charge in [0.1, 0.15) is 5.75 Å². The second-order valence-electron chi connectivity index (χ2n) is 8.16. The van der Waals surface area contributed by atoms with Gasteiger partial charge in [0, 0.05) is 41.7 Å². The molecule has 4 aromatic rings. The van der Waals surface area contributed by atoms with Crippen LogP contribution in [0.5, 0.6) is 5.75 Å². The van der Waals surface area contributed by atoms with E-state index in [-0.39, 0.29) is 12.3 Å². The van der Waals surface area contributed by atoms with Crippen LogP contribution in [0.25, 0.3) is 10.8 Å². The summed E-state index contributed by atoms with van der Waals surface area (Å²) in [4.78, 5) is 2.20. The van der Waals surface area contributed by atoms with Gasteiger partial charge in [-0.2, -0.15) is 0 Å². The maximum Gasteiger partial charge on any atom is 0.177 e. The largest absolute Gasteiger partial charge is 0.471 e. The molecule has 5 heteroatoms. The molecule has 2 unspecified atom stereocenters. The van der Waals surface area contributed by atoms with Crippen LogP contribution in [0, 0.1) is 0 Å². The standard InChI is InChI=1S/C28H26Cl2N2O/c29-16-18-32(19-17-30)23-13-10-22(11-14-23)28-31-27(21-7-2-1-3-8-21)26-24-9-5-4-6-20(24)12-15-25(26)33-28/h1-15,27-28,31H,16-19H2. The molecule has 1 heterocycles. The molecule has 0 saturated heterocycles. The number of nitrogens with one attached hydrogen (secondary N) is 1. The lowest BCUT2D eigenvalue weighted by Gasteiger charge is -2.35. The molecule has 5 rings (SSSR count). The van der Waals surface area contributed by atoms with Crippen LogP contribution in [0.3, 0.4) is 0 Å². The van der Waals surface area contributed by atoms with E-state index >= 15 is 0 Å². The minimum absolute atomic E-state index is 0.0229. The number of benzene rings is 4. The first-order valence-corrected chi connectivity index (χ1v) is 12.3. The zero-order valence-electron chi connectivity index (χ0n) is 18.3. The van der Waals surface area contributed by atoms with Crippen molar-refractivity contribution in [1.82, 2.24) is 5.32 Å². The number of hydrogen-bond acceptors (Lipinski definition) is 3. The Kier molecular flexibility index (Phi) is 6.73. The maximum atomic E-state index is 6.51. The smallest absolute Gasteiger partial charge is 0.177 e. The molecule has 0 aromatic heterocycles. The van der Waals surface area contributed by atoms with Crippen LogP contribution in [0.1, 0.15) is 29.0 Å². The summed E-state index contributed by atoms with van der Waals surface area (Å²) in [5, 5.41) is 6.18. The highest BCUT2D eigenvalue weighted by molar-refractivity contribution is 6.18. The minimum atomic E-state index is -0.257. The molecule has 1 N–H and O–H groups in total. The molecule has 168 valence electrons. The van der Waals surface area contributed by atoms with Crippen molar-refractivity contribution in [2.75, 3.05) is 29.7 Å². The third-order valence-electron chi connectivity index (χ3n) is 6.18. The van der Waals surface area contributed by atoms with Crippen LogP contribution in [0.15, 0.2) is 91.0 Å². The summed E-state index contributed by atoms with van der Waals surface area (Å²) in [7, 11) is 0. The topological polar surface area (TPSA) is 24.5 Å². The molecule has 33 heavy (non-hydrogen) atoms. The molecule has 1 aliphatic heterocycles. The first-order valence-electron chi connectivity index (χ1n) is 11.2. The van der Waals surface area contributed by atoms with Gasteiger partial charge < -0.3 is 9.64 Å². The van der Waals surface area contributed by atoms with E-state index in [9.17, 15) is 0 Å². The Hall–Kier alpha value is -2.72. The Labute approximate surface area is 204 Å². The van der Waals surface area contributed by atoms with E-state index < -0.39 is 0 Å². The highest BCUT2D eigenvalue weighted by Gasteiger charge is 2.31. The molecule has 3 nitrogen and oxygen atoms in total. The Morgan fingerprint density at radius 3 is 2.15 bits per heavy atom. The van der Waals surface area contributed by atoms with Crippen molar-refractivity contribution in [2.45, 2.75) is 12.3 Å². The molecule has 0 amide bonds. The molecular weight excluding hydrogens is 451 g/mol. The highest BCUT2D eigenvalue weighted by Crippen LogP contribution is 2.42. The Bertz CT molecular complexity index is 1210. The van der Waals surface area contributed by atoms with Gasteiger partial charge in [-0.3, -0.25) is 5.32 Å². The lowest BCUT2D eigenvalue weighted by atomic mass is 9.91. The van der Waals surface area contributed by atoms with Gasteiger partial charge in [-0.05, 0) is 34.5 Å². The number of fused-ring (bicyclic) bond motifs is 3. The third kappa shape index (κ3) is 4.54. The first kappa shape index (κ1) is 22.1. The van der Waals surface area contributed by atoms with Crippen molar-refractivity contribution < 1.29 is 4.74 Å². The average Bonchev–Trinajstić information content (AvgIpc) is 2.88. The van der Waals surface area contributed by atoms with E-state index in [0.717, 1.165) is 30.1 Å². The lowest BCUT2D eigenvalue weighted by molar-refractivity contribution is 0.134. The predicted molar refractivity (Wildman–Crippen MR) is 139 cm³/mol. The maximum absolute atomic E-state index is 6.51. The third-order valence-corrected chi connectivity index (χ3v) is 6.52. The normalized spacial score (nSPS) is 17.4. The van der Waals surface area contributed by atoms with Gasteiger partial charge in [0.25, 0.3) is 0 Å². The summed E-state index contributed by atoms with van der Waals surface area (Å²) in [6.07, 6.45) is -0.257. The SMILES string of the molecule is ClCCN(CCCl)c1ccc(C2NC(c3ccccc3)c3c(ccc4ccccc34)O2)cc1. The van der Waals surface area contributed by atoms with Gasteiger partial charge >= 0.3 is 0 Å². The van der Waals surface area contributed by atoms with Crippen LogP contribution >= 0.6 is 23.2 Å². The van der Waals surface area contributed by atoms with Crippen LogP contribution < -0.4 is 15.0 Å². The monoisotopic (exact) mass is 476 g/mol. The van der Waals surface area contributed by atoms with E-state index in [4.69, 9.17) is 27.9 Å². The zero-order chi connectivity index (χ0) is 22.6. The van der Waals surface area contributed by atoms with E-state index in [1.54, 1.807) is 0 Å². The van der Waals surface area contributed by atoms with Gasteiger partial charge in [0.05, 0.1) is 6.04 Å². The summed E-state index contributed by atoms with van der Waals surface area (Å²) in [5.74, 6) is 2.05. The second-order valence-corrected chi connectivity index (χ2v) is 8.92. The van der Waals surface area contributed by atoms with Gasteiger partial charge in [-0.1, -0.05) is 72.8 Å². The average molecular weight is 477 g/mol. The van der Waals surface area contributed by atoms with Crippen molar-refractivity contribution in [3.63, 3.8) is 0 Å². The molecule has 0 radical (unpaired) electrons. The Balaban J connectivity index is 1.52. The summed E-state index contributed by atoms with van der Waals surface area (Å²) < 4.78 is 6.51. The van der Waals surface area contributed by atoms with Crippen molar-refractivity contribution in [1.29, 1.82) is 0 Å². The van der Waals surface area contributed by atoms with Gasteiger partial charge in [0.15, 0.2) is 6.23 Å². The fourth-order valence-electron chi connectivity index (χ4n) is 4.58. The summed E-state index contributed by atoms with van der Waals surface area (Å²) in [6, 6.07) is 31.8. The quantitative estimate of drug-likeness (QED) is 0.293. The predicted octanol–water partition coefficient (Wildman–Crippen LogP) is 6.89. The van der Waals surface area contributed by atoms with Crippen LogP contribution in [0.4, 0.5) is 5.69 Å². The minimum Gasteiger partial charge on any atom is -0.471 e. The van der Waals surface area contributed by atoms with E-state index in [1.165, 1.54) is 21.9 Å². The van der Waals surface area contributed by atoms with E-state index in [2.05, 4.69) is 101 Å². The number of halogens is 2. The molecule has 0 spiro atoms. The molecule has 0 saturated carbocycles. The molecule has 0 aliphatic carbocycles. The number of ether oxygens (including phenoxy) is 1. The zero-order valence-corrected chi connectivity index (χ0v) is 19.8. The molecular formula is C28H26Cl2N2O.